The number of nitrogens with zero attached hydrogens (tertiary/aromatic N) is 2. The predicted octanol–water partition coefficient (Wildman–Crippen LogP) is 2.92. The Kier molecular flexibility index (Phi) is 4.77. The molecule has 1 aromatic carbocycles. The molecular weight excluding hydrogens is 325 g/mol. The van der Waals surface area contributed by atoms with Crippen LogP contribution in [0.15, 0.2) is 22.7 Å². The van der Waals surface area contributed by atoms with Gasteiger partial charge < -0.3 is 10.5 Å². The SMILES string of the molecule is CCc1nn(C)c(COc2c(F)cccc2CN)c1Br. The lowest BCUT2D eigenvalue weighted by Crippen LogP contribution is -2.07. The summed E-state index contributed by atoms with van der Waals surface area (Å²) in [4.78, 5) is 0. The minimum Gasteiger partial charge on any atom is -0.484 e. The van der Waals surface area contributed by atoms with Gasteiger partial charge in [0.1, 0.15) is 6.61 Å². The van der Waals surface area contributed by atoms with E-state index in [4.69, 9.17) is 10.5 Å². The third kappa shape index (κ3) is 2.86. The van der Waals surface area contributed by atoms with E-state index >= 15 is 0 Å². The number of halogens is 2. The van der Waals surface area contributed by atoms with Gasteiger partial charge in [-0.15, -0.1) is 0 Å². The van der Waals surface area contributed by atoms with Crippen molar-refractivity contribution in [2.45, 2.75) is 26.5 Å². The van der Waals surface area contributed by atoms with Gasteiger partial charge in [-0.25, -0.2) is 4.39 Å². The Balaban J connectivity index is 2.23. The summed E-state index contributed by atoms with van der Waals surface area (Å²) in [5, 5.41) is 4.38. The molecule has 0 atom stereocenters. The highest BCUT2D eigenvalue weighted by Crippen LogP contribution is 2.26. The first-order valence-corrected chi connectivity index (χ1v) is 7.18. The summed E-state index contributed by atoms with van der Waals surface area (Å²) in [6.45, 7) is 2.50. The Morgan fingerprint density at radius 2 is 2.20 bits per heavy atom. The molecule has 0 saturated heterocycles. The molecule has 0 bridgehead atoms. The largest absolute Gasteiger partial charge is 0.484 e. The molecule has 0 aliphatic heterocycles. The van der Waals surface area contributed by atoms with Crippen molar-refractivity contribution in [2.75, 3.05) is 0 Å². The standard InChI is InChI=1S/C14H17BrFN3O/c1-3-11-13(15)12(19(2)18-11)8-20-14-9(7-17)5-4-6-10(14)16/h4-6H,3,7-8,17H2,1-2H3. The molecule has 0 aliphatic carbocycles. The number of rotatable bonds is 5. The molecule has 20 heavy (non-hydrogen) atoms. The Hall–Kier alpha value is -1.40. The first kappa shape index (κ1) is 15.0. The van der Waals surface area contributed by atoms with Crippen LogP contribution in [0, 0.1) is 5.82 Å². The minimum atomic E-state index is -0.401. The highest BCUT2D eigenvalue weighted by molar-refractivity contribution is 9.10. The zero-order valence-electron chi connectivity index (χ0n) is 11.5. The average Bonchev–Trinajstić information content (AvgIpc) is 2.72. The molecule has 2 aromatic rings. The molecule has 108 valence electrons. The van der Waals surface area contributed by atoms with Gasteiger partial charge in [0, 0.05) is 19.2 Å². The number of hydrogen-bond acceptors (Lipinski definition) is 3. The molecule has 0 amide bonds. The van der Waals surface area contributed by atoms with Crippen molar-refractivity contribution in [3.05, 3.63) is 45.4 Å². The van der Waals surface area contributed by atoms with Crippen LogP contribution < -0.4 is 10.5 Å². The lowest BCUT2D eigenvalue weighted by Gasteiger charge is -2.11. The maximum atomic E-state index is 13.8. The second-order valence-corrected chi connectivity index (χ2v) is 5.20. The van der Waals surface area contributed by atoms with Crippen LogP contribution in [0.3, 0.4) is 0 Å². The normalized spacial score (nSPS) is 10.8. The number of ether oxygens (including phenoxy) is 1. The van der Waals surface area contributed by atoms with Gasteiger partial charge >= 0.3 is 0 Å². The zero-order chi connectivity index (χ0) is 14.7. The van der Waals surface area contributed by atoms with Crippen LogP contribution in [-0.4, -0.2) is 9.78 Å². The van der Waals surface area contributed by atoms with E-state index in [9.17, 15) is 4.39 Å². The van der Waals surface area contributed by atoms with Crippen molar-refractivity contribution in [1.29, 1.82) is 0 Å². The van der Waals surface area contributed by atoms with Crippen molar-refractivity contribution in [1.82, 2.24) is 9.78 Å². The molecular formula is C14H17BrFN3O. The van der Waals surface area contributed by atoms with Gasteiger partial charge in [0.25, 0.3) is 0 Å². The van der Waals surface area contributed by atoms with Gasteiger partial charge in [0.2, 0.25) is 0 Å². The van der Waals surface area contributed by atoms with E-state index < -0.39 is 5.82 Å². The van der Waals surface area contributed by atoms with E-state index in [1.54, 1.807) is 16.8 Å². The minimum absolute atomic E-state index is 0.209. The molecule has 1 heterocycles. The summed E-state index contributed by atoms with van der Waals surface area (Å²) in [5.41, 5.74) is 8.08. The van der Waals surface area contributed by atoms with Gasteiger partial charge in [0.05, 0.1) is 15.9 Å². The summed E-state index contributed by atoms with van der Waals surface area (Å²) < 4.78 is 22.1. The molecule has 0 aliphatic rings. The topological polar surface area (TPSA) is 53.1 Å². The summed E-state index contributed by atoms with van der Waals surface area (Å²) >= 11 is 3.51. The molecule has 6 heteroatoms. The van der Waals surface area contributed by atoms with Gasteiger partial charge in [-0.05, 0) is 28.4 Å². The van der Waals surface area contributed by atoms with Crippen molar-refractivity contribution < 1.29 is 9.13 Å². The number of nitrogens with two attached hydrogens (primary N) is 1. The number of hydrogen-bond donors (Lipinski definition) is 1. The molecule has 0 saturated carbocycles. The second-order valence-electron chi connectivity index (χ2n) is 4.41. The summed E-state index contributed by atoms with van der Waals surface area (Å²) in [7, 11) is 1.84. The molecule has 0 fully saturated rings. The smallest absolute Gasteiger partial charge is 0.165 e. The number of aromatic nitrogens is 2. The first-order chi connectivity index (χ1) is 9.58. The van der Waals surface area contributed by atoms with E-state index in [1.807, 2.05) is 14.0 Å². The molecule has 2 rings (SSSR count). The zero-order valence-corrected chi connectivity index (χ0v) is 13.1. The van der Waals surface area contributed by atoms with Gasteiger partial charge in [-0.3, -0.25) is 4.68 Å². The van der Waals surface area contributed by atoms with Crippen molar-refractivity contribution in [2.24, 2.45) is 12.8 Å². The Morgan fingerprint density at radius 3 is 2.80 bits per heavy atom. The van der Waals surface area contributed by atoms with E-state index in [1.165, 1.54) is 6.07 Å². The molecule has 2 N–H and O–H groups in total. The average molecular weight is 342 g/mol. The maximum absolute atomic E-state index is 13.8. The number of benzene rings is 1. The van der Waals surface area contributed by atoms with Crippen LogP contribution in [0.1, 0.15) is 23.9 Å². The van der Waals surface area contributed by atoms with Crippen LogP contribution in [-0.2, 0) is 26.6 Å². The van der Waals surface area contributed by atoms with Gasteiger partial charge in [-0.1, -0.05) is 19.1 Å². The fourth-order valence-electron chi connectivity index (χ4n) is 1.99. The fourth-order valence-corrected chi connectivity index (χ4v) is 2.72. The van der Waals surface area contributed by atoms with Crippen molar-refractivity contribution >= 4 is 15.9 Å². The first-order valence-electron chi connectivity index (χ1n) is 6.39. The van der Waals surface area contributed by atoms with E-state index in [0.29, 0.717) is 5.56 Å². The van der Waals surface area contributed by atoms with E-state index in [-0.39, 0.29) is 18.9 Å². The second kappa shape index (κ2) is 6.37. The van der Waals surface area contributed by atoms with Crippen LogP contribution in [0.4, 0.5) is 4.39 Å². The molecule has 4 nitrogen and oxygen atoms in total. The Labute approximate surface area is 125 Å². The quantitative estimate of drug-likeness (QED) is 0.909. The number of para-hydroxylation sites is 1. The van der Waals surface area contributed by atoms with Crippen LogP contribution in [0.2, 0.25) is 0 Å². The van der Waals surface area contributed by atoms with Gasteiger partial charge in [-0.2, -0.15) is 5.10 Å². The Bertz CT molecular complexity index is 613. The van der Waals surface area contributed by atoms with Gasteiger partial charge in [0.15, 0.2) is 11.6 Å². The van der Waals surface area contributed by atoms with Crippen LogP contribution in [0.5, 0.6) is 5.75 Å². The number of aryl methyl sites for hydroxylation is 2. The summed E-state index contributed by atoms with van der Waals surface area (Å²) in [6.07, 6.45) is 0.822. The maximum Gasteiger partial charge on any atom is 0.165 e. The predicted molar refractivity (Wildman–Crippen MR) is 78.9 cm³/mol. The summed E-state index contributed by atoms with van der Waals surface area (Å²) in [6, 6.07) is 4.75. The van der Waals surface area contributed by atoms with E-state index in [2.05, 4.69) is 21.0 Å². The molecule has 0 spiro atoms. The molecule has 0 radical (unpaired) electrons. The monoisotopic (exact) mass is 341 g/mol. The highest BCUT2D eigenvalue weighted by Gasteiger charge is 2.15. The van der Waals surface area contributed by atoms with Crippen LogP contribution >= 0.6 is 15.9 Å². The van der Waals surface area contributed by atoms with Crippen molar-refractivity contribution in [3.63, 3.8) is 0 Å². The molecule has 1 aromatic heterocycles. The summed E-state index contributed by atoms with van der Waals surface area (Å²) in [5.74, 6) is -0.192. The Morgan fingerprint density at radius 1 is 1.45 bits per heavy atom. The third-order valence-corrected chi connectivity index (χ3v) is 4.04. The highest BCUT2D eigenvalue weighted by atomic mass is 79.9. The third-order valence-electron chi connectivity index (χ3n) is 3.12. The lowest BCUT2D eigenvalue weighted by atomic mass is 10.2. The molecule has 0 unspecified atom stereocenters. The lowest BCUT2D eigenvalue weighted by molar-refractivity contribution is 0.276. The fraction of sp³-hybridized carbons (Fsp3) is 0.357. The van der Waals surface area contributed by atoms with E-state index in [0.717, 1.165) is 22.3 Å². The van der Waals surface area contributed by atoms with Crippen LogP contribution in [0.25, 0.3) is 0 Å². The van der Waals surface area contributed by atoms with Crippen molar-refractivity contribution in [3.8, 4) is 5.75 Å².